The SMILES string of the molecule is CNCCCN(C)C(=O)CCc1c(C)[nH]c(/C=C2\C(=O)Nc3ccccc32)c1C. The molecule has 0 saturated heterocycles. The lowest BCUT2D eigenvalue weighted by Crippen LogP contribution is -2.29. The predicted molar refractivity (Wildman–Crippen MR) is 118 cm³/mol. The van der Waals surface area contributed by atoms with E-state index in [1.807, 2.05) is 58.3 Å². The number of benzene rings is 1. The topological polar surface area (TPSA) is 77.2 Å². The number of carbonyl (C=O) groups is 2. The molecule has 0 bridgehead atoms. The highest BCUT2D eigenvalue weighted by Gasteiger charge is 2.24. The van der Waals surface area contributed by atoms with Gasteiger partial charge in [-0.3, -0.25) is 9.59 Å². The number of hydrogen-bond acceptors (Lipinski definition) is 3. The lowest BCUT2D eigenvalue weighted by molar-refractivity contribution is -0.129. The minimum absolute atomic E-state index is 0.0854. The average molecular weight is 395 g/mol. The molecule has 2 heterocycles. The van der Waals surface area contributed by atoms with E-state index in [0.717, 1.165) is 53.3 Å². The summed E-state index contributed by atoms with van der Waals surface area (Å²) in [5, 5.41) is 6.01. The van der Waals surface area contributed by atoms with Gasteiger partial charge < -0.3 is 20.5 Å². The fraction of sp³-hybridized carbons (Fsp3) is 0.391. The van der Waals surface area contributed by atoms with Crippen LogP contribution in [0.5, 0.6) is 0 Å². The van der Waals surface area contributed by atoms with Crippen LogP contribution in [0.4, 0.5) is 5.69 Å². The van der Waals surface area contributed by atoms with Crippen LogP contribution in [0, 0.1) is 13.8 Å². The van der Waals surface area contributed by atoms with Gasteiger partial charge in [0.25, 0.3) is 5.91 Å². The summed E-state index contributed by atoms with van der Waals surface area (Å²) in [7, 11) is 3.78. The van der Waals surface area contributed by atoms with Gasteiger partial charge in [-0.1, -0.05) is 18.2 Å². The Morgan fingerprint density at radius 1 is 1.24 bits per heavy atom. The molecule has 6 nitrogen and oxygen atoms in total. The molecule has 0 aliphatic carbocycles. The second-order valence-electron chi connectivity index (χ2n) is 7.60. The van der Waals surface area contributed by atoms with Gasteiger partial charge in [0.1, 0.15) is 0 Å². The highest BCUT2D eigenvalue weighted by Crippen LogP contribution is 2.33. The van der Waals surface area contributed by atoms with E-state index in [1.54, 1.807) is 4.90 Å². The van der Waals surface area contributed by atoms with Crippen molar-refractivity contribution in [2.75, 3.05) is 32.5 Å². The Kier molecular flexibility index (Phi) is 6.54. The zero-order valence-corrected chi connectivity index (χ0v) is 17.7. The number of hydrogen-bond donors (Lipinski definition) is 3. The largest absolute Gasteiger partial charge is 0.359 e. The molecule has 0 atom stereocenters. The molecule has 1 aromatic carbocycles. The van der Waals surface area contributed by atoms with E-state index in [9.17, 15) is 9.59 Å². The molecular weight excluding hydrogens is 364 g/mol. The summed E-state index contributed by atoms with van der Waals surface area (Å²) in [6.45, 7) is 5.73. The molecule has 2 aromatic rings. The van der Waals surface area contributed by atoms with Crippen LogP contribution in [0.3, 0.4) is 0 Å². The molecule has 1 aliphatic heterocycles. The van der Waals surface area contributed by atoms with Crippen molar-refractivity contribution in [2.45, 2.75) is 33.1 Å². The molecule has 0 radical (unpaired) electrons. The molecule has 0 unspecified atom stereocenters. The Morgan fingerprint density at radius 3 is 2.76 bits per heavy atom. The maximum Gasteiger partial charge on any atom is 0.256 e. The molecular formula is C23H30N4O2. The molecule has 154 valence electrons. The number of H-pyrrole nitrogens is 1. The van der Waals surface area contributed by atoms with Gasteiger partial charge in [0.2, 0.25) is 5.91 Å². The molecule has 29 heavy (non-hydrogen) atoms. The van der Waals surface area contributed by atoms with Crippen LogP contribution in [0.2, 0.25) is 0 Å². The molecule has 3 rings (SSSR count). The first-order valence-electron chi connectivity index (χ1n) is 10.1. The first-order chi connectivity index (χ1) is 13.9. The van der Waals surface area contributed by atoms with Gasteiger partial charge in [0.15, 0.2) is 0 Å². The number of aromatic nitrogens is 1. The third kappa shape index (κ3) is 4.59. The van der Waals surface area contributed by atoms with Gasteiger partial charge in [-0.2, -0.15) is 0 Å². The van der Waals surface area contributed by atoms with Crippen molar-refractivity contribution < 1.29 is 9.59 Å². The van der Waals surface area contributed by atoms with Gasteiger partial charge in [-0.05, 0) is 63.6 Å². The summed E-state index contributed by atoms with van der Waals surface area (Å²) in [5.74, 6) is 0.0721. The summed E-state index contributed by atoms with van der Waals surface area (Å²) in [4.78, 5) is 30.0. The highest BCUT2D eigenvalue weighted by molar-refractivity contribution is 6.34. The van der Waals surface area contributed by atoms with Crippen LogP contribution in [0.15, 0.2) is 24.3 Å². The second kappa shape index (κ2) is 9.09. The van der Waals surface area contributed by atoms with Crippen molar-refractivity contribution in [2.24, 2.45) is 0 Å². The van der Waals surface area contributed by atoms with E-state index < -0.39 is 0 Å². The van der Waals surface area contributed by atoms with Gasteiger partial charge in [-0.25, -0.2) is 0 Å². The zero-order chi connectivity index (χ0) is 21.0. The Labute approximate surface area is 172 Å². The minimum atomic E-state index is -0.0854. The number of amides is 2. The zero-order valence-electron chi connectivity index (χ0n) is 17.7. The maximum absolute atomic E-state index is 12.4. The number of nitrogens with zero attached hydrogens (tertiary/aromatic N) is 1. The number of anilines is 1. The number of carbonyl (C=O) groups excluding carboxylic acids is 2. The van der Waals surface area contributed by atoms with Crippen molar-refractivity contribution in [1.82, 2.24) is 15.2 Å². The van der Waals surface area contributed by atoms with Gasteiger partial charge in [-0.15, -0.1) is 0 Å². The van der Waals surface area contributed by atoms with Gasteiger partial charge >= 0.3 is 0 Å². The molecule has 6 heteroatoms. The number of nitrogens with one attached hydrogen (secondary N) is 3. The van der Waals surface area contributed by atoms with Crippen LogP contribution in [0.1, 0.15) is 40.9 Å². The third-order valence-electron chi connectivity index (χ3n) is 5.57. The van der Waals surface area contributed by atoms with E-state index in [1.165, 1.54) is 0 Å². The number of aromatic amines is 1. The summed E-state index contributed by atoms with van der Waals surface area (Å²) >= 11 is 0. The monoisotopic (exact) mass is 394 g/mol. The molecule has 2 amide bonds. The molecule has 1 aromatic heterocycles. The highest BCUT2D eigenvalue weighted by atomic mass is 16.2. The van der Waals surface area contributed by atoms with Gasteiger partial charge in [0.05, 0.1) is 5.57 Å². The standard InChI is InChI=1S/C23H30N4O2/c1-15-17(10-11-22(28)27(4)13-7-12-24-3)16(2)25-21(15)14-19-18-8-5-6-9-20(18)26-23(19)29/h5-6,8-9,14,24-25H,7,10-13H2,1-4H3,(H,26,29)/b19-14-. The summed E-state index contributed by atoms with van der Waals surface area (Å²) in [6.07, 6.45) is 4.03. The van der Waals surface area contributed by atoms with E-state index >= 15 is 0 Å². The van der Waals surface area contributed by atoms with Crippen LogP contribution < -0.4 is 10.6 Å². The van der Waals surface area contributed by atoms with E-state index in [2.05, 4.69) is 15.6 Å². The number of aryl methyl sites for hydroxylation is 1. The quantitative estimate of drug-likeness (QED) is 0.476. The van der Waals surface area contributed by atoms with Crippen LogP contribution in [-0.2, 0) is 16.0 Å². The molecule has 3 N–H and O–H groups in total. The fourth-order valence-corrected chi connectivity index (χ4v) is 3.80. The van der Waals surface area contributed by atoms with E-state index in [-0.39, 0.29) is 11.8 Å². The van der Waals surface area contributed by atoms with Crippen LogP contribution >= 0.6 is 0 Å². The summed E-state index contributed by atoms with van der Waals surface area (Å²) in [5.41, 5.74) is 6.65. The van der Waals surface area contributed by atoms with Crippen molar-refractivity contribution >= 4 is 29.2 Å². The number of rotatable bonds is 8. The number of fused-ring (bicyclic) bond motifs is 1. The van der Waals surface area contributed by atoms with E-state index in [0.29, 0.717) is 18.4 Å². The lowest BCUT2D eigenvalue weighted by Gasteiger charge is -2.17. The molecule has 0 fully saturated rings. The van der Waals surface area contributed by atoms with Crippen molar-refractivity contribution in [1.29, 1.82) is 0 Å². The van der Waals surface area contributed by atoms with Crippen molar-refractivity contribution in [3.63, 3.8) is 0 Å². The lowest BCUT2D eigenvalue weighted by atomic mass is 10.0. The fourth-order valence-electron chi connectivity index (χ4n) is 3.80. The van der Waals surface area contributed by atoms with E-state index in [4.69, 9.17) is 0 Å². The Bertz CT molecular complexity index is 942. The van der Waals surface area contributed by atoms with Crippen LogP contribution in [-0.4, -0.2) is 48.9 Å². The Balaban J connectivity index is 1.73. The van der Waals surface area contributed by atoms with Crippen LogP contribution in [0.25, 0.3) is 11.6 Å². The normalized spacial score (nSPS) is 14.2. The maximum atomic E-state index is 12.4. The average Bonchev–Trinajstić information content (AvgIpc) is 3.16. The molecule has 0 spiro atoms. The Morgan fingerprint density at radius 2 is 2.00 bits per heavy atom. The molecule has 1 aliphatic rings. The predicted octanol–water partition coefficient (Wildman–Crippen LogP) is 3.12. The summed E-state index contributed by atoms with van der Waals surface area (Å²) in [6, 6.07) is 7.71. The first kappa shape index (κ1) is 20.9. The van der Waals surface area contributed by atoms with Crippen molar-refractivity contribution in [3.8, 4) is 0 Å². The number of para-hydroxylation sites is 1. The second-order valence-corrected chi connectivity index (χ2v) is 7.60. The first-order valence-corrected chi connectivity index (χ1v) is 10.1. The van der Waals surface area contributed by atoms with Crippen molar-refractivity contribution in [3.05, 3.63) is 52.3 Å². The van der Waals surface area contributed by atoms with Gasteiger partial charge in [0, 0.05) is 42.7 Å². The Hall–Kier alpha value is -2.86. The summed E-state index contributed by atoms with van der Waals surface area (Å²) < 4.78 is 0. The smallest absolute Gasteiger partial charge is 0.256 e. The third-order valence-corrected chi connectivity index (χ3v) is 5.57. The minimum Gasteiger partial charge on any atom is -0.359 e. The molecule has 0 saturated carbocycles.